The summed E-state index contributed by atoms with van der Waals surface area (Å²) < 4.78 is 0. The van der Waals surface area contributed by atoms with E-state index in [-0.39, 0.29) is 17.9 Å². The molecule has 4 nitrogen and oxygen atoms in total. The molecule has 4 heteroatoms. The third kappa shape index (κ3) is 5.93. The number of hydrogen-bond acceptors (Lipinski definition) is 2. The summed E-state index contributed by atoms with van der Waals surface area (Å²) in [5.41, 5.74) is 0. The van der Waals surface area contributed by atoms with E-state index in [0.717, 1.165) is 32.2 Å². The number of carbonyl (C=O) groups excluding carboxylic acids is 2. The smallest absolute Gasteiger partial charge is 0.222 e. The van der Waals surface area contributed by atoms with Crippen molar-refractivity contribution in [2.45, 2.75) is 78.8 Å². The number of amides is 2. The van der Waals surface area contributed by atoms with Crippen molar-refractivity contribution in [2.75, 3.05) is 13.6 Å². The fraction of sp³-hybridized carbons (Fsp3) is 0.875. The zero-order valence-corrected chi connectivity index (χ0v) is 14.1. The van der Waals surface area contributed by atoms with Gasteiger partial charge >= 0.3 is 0 Å². The summed E-state index contributed by atoms with van der Waals surface area (Å²) in [7, 11) is 1.84. The van der Waals surface area contributed by atoms with E-state index in [1.807, 2.05) is 18.9 Å². The van der Waals surface area contributed by atoms with Crippen LogP contribution in [0.2, 0.25) is 0 Å². The lowest BCUT2D eigenvalue weighted by Crippen LogP contribution is -2.41. The lowest BCUT2D eigenvalue weighted by atomic mass is 10.0. The van der Waals surface area contributed by atoms with E-state index in [2.05, 4.69) is 20.8 Å². The van der Waals surface area contributed by atoms with Crippen LogP contribution in [-0.2, 0) is 9.59 Å². The highest BCUT2D eigenvalue weighted by Crippen LogP contribution is 2.16. The zero-order chi connectivity index (χ0) is 15.7. The summed E-state index contributed by atoms with van der Waals surface area (Å²) in [6.45, 7) is 10.7. The fourth-order valence-corrected chi connectivity index (χ4v) is 2.47. The first-order valence-corrected chi connectivity index (χ1v) is 7.91. The summed E-state index contributed by atoms with van der Waals surface area (Å²) in [6.07, 6.45) is 4.43. The Morgan fingerprint density at radius 3 is 2.10 bits per heavy atom. The molecule has 0 saturated carbocycles. The molecule has 0 aromatic carbocycles. The highest BCUT2D eigenvalue weighted by atomic mass is 16.2. The van der Waals surface area contributed by atoms with Crippen molar-refractivity contribution in [3.05, 3.63) is 0 Å². The Morgan fingerprint density at radius 1 is 1.10 bits per heavy atom. The Kier molecular flexibility index (Phi) is 9.26. The minimum absolute atomic E-state index is 0.0978. The van der Waals surface area contributed by atoms with Gasteiger partial charge in [0.1, 0.15) is 0 Å². The lowest BCUT2D eigenvalue weighted by molar-refractivity contribution is -0.134. The monoisotopic (exact) mass is 284 g/mol. The molecule has 0 N–H and O–H groups in total. The first kappa shape index (κ1) is 18.9. The quantitative estimate of drug-likeness (QED) is 0.653. The summed E-state index contributed by atoms with van der Waals surface area (Å²) in [5.74, 6) is 0.340. The van der Waals surface area contributed by atoms with Crippen molar-refractivity contribution in [1.82, 2.24) is 9.80 Å². The summed E-state index contributed by atoms with van der Waals surface area (Å²) >= 11 is 0. The predicted molar refractivity (Wildman–Crippen MR) is 83.5 cm³/mol. The van der Waals surface area contributed by atoms with Gasteiger partial charge < -0.3 is 9.80 Å². The Labute approximate surface area is 124 Å². The molecule has 0 fully saturated rings. The van der Waals surface area contributed by atoms with Crippen molar-refractivity contribution in [3.63, 3.8) is 0 Å². The second-order valence-corrected chi connectivity index (χ2v) is 5.56. The van der Waals surface area contributed by atoms with Crippen molar-refractivity contribution >= 4 is 11.8 Å². The highest BCUT2D eigenvalue weighted by molar-refractivity contribution is 5.76. The van der Waals surface area contributed by atoms with Crippen LogP contribution < -0.4 is 0 Å². The normalized spacial score (nSPS) is 13.7. The van der Waals surface area contributed by atoms with Gasteiger partial charge in [-0.2, -0.15) is 0 Å². The van der Waals surface area contributed by atoms with Crippen LogP contribution in [0.4, 0.5) is 0 Å². The molecule has 0 aromatic rings. The minimum atomic E-state index is 0.0978. The summed E-state index contributed by atoms with van der Waals surface area (Å²) in [6, 6.07) is 0.520. The molecule has 2 amide bonds. The van der Waals surface area contributed by atoms with Crippen LogP contribution in [0, 0.1) is 0 Å². The number of rotatable bonds is 9. The Bertz CT molecular complexity index is 305. The Balaban J connectivity index is 4.58. The average molecular weight is 284 g/mol. The standard InChI is InChI=1S/C16H32N2O2/c1-7-12-18(16(20)9-3)15(8-2)11-10-13(4)17(6)14(5)19/h13,15H,7-12H2,1-6H3. The van der Waals surface area contributed by atoms with Crippen LogP contribution in [0.3, 0.4) is 0 Å². The van der Waals surface area contributed by atoms with Crippen LogP contribution in [-0.4, -0.2) is 47.3 Å². The van der Waals surface area contributed by atoms with Crippen LogP contribution in [0.25, 0.3) is 0 Å². The maximum atomic E-state index is 12.1. The molecule has 2 atom stereocenters. The van der Waals surface area contributed by atoms with Gasteiger partial charge in [0.25, 0.3) is 0 Å². The maximum Gasteiger partial charge on any atom is 0.222 e. The SMILES string of the molecule is CCCN(C(=O)CC)C(CC)CCC(C)N(C)C(C)=O. The molecule has 2 unspecified atom stereocenters. The molecule has 118 valence electrons. The van der Waals surface area contributed by atoms with Gasteiger partial charge in [0.2, 0.25) is 11.8 Å². The van der Waals surface area contributed by atoms with Crippen molar-refractivity contribution in [2.24, 2.45) is 0 Å². The van der Waals surface area contributed by atoms with Crippen LogP contribution in [0.15, 0.2) is 0 Å². The van der Waals surface area contributed by atoms with Crippen LogP contribution >= 0.6 is 0 Å². The van der Waals surface area contributed by atoms with Gasteiger partial charge in [-0.25, -0.2) is 0 Å². The predicted octanol–water partition coefficient (Wildman–Crippen LogP) is 3.06. The Hall–Kier alpha value is -1.06. The molecule has 0 saturated heterocycles. The van der Waals surface area contributed by atoms with Crippen molar-refractivity contribution in [1.29, 1.82) is 0 Å². The molecule has 0 radical (unpaired) electrons. The van der Waals surface area contributed by atoms with Crippen LogP contribution in [0.1, 0.15) is 66.7 Å². The van der Waals surface area contributed by atoms with E-state index in [1.54, 1.807) is 11.8 Å². The molecule has 0 bridgehead atoms. The second-order valence-electron chi connectivity index (χ2n) is 5.56. The topological polar surface area (TPSA) is 40.6 Å². The molecule has 20 heavy (non-hydrogen) atoms. The zero-order valence-electron chi connectivity index (χ0n) is 14.1. The van der Waals surface area contributed by atoms with E-state index >= 15 is 0 Å². The Morgan fingerprint density at radius 2 is 1.70 bits per heavy atom. The van der Waals surface area contributed by atoms with E-state index in [4.69, 9.17) is 0 Å². The van der Waals surface area contributed by atoms with Gasteiger partial charge in [0, 0.05) is 39.0 Å². The minimum Gasteiger partial charge on any atom is -0.343 e. The molecular formula is C16H32N2O2. The molecular weight excluding hydrogens is 252 g/mol. The molecule has 0 aliphatic carbocycles. The first-order chi connectivity index (χ1) is 9.38. The molecule has 0 rings (SSSR count). The third-order valence-corrected chi connectivity index (χ3v) is 4.07. The number of nitrogens with zero attached hydrogens (tertiary/aromatic N) is 2. The summed E-state index contributed by atoms with van der Waals surface area (Å²) in [4.78, 5) is 27.2. The fourth-order valence-electron chi connectivity index (χ4n) is 2.47. The van der Waals surface area contributed by atoms with Gasteiger partial charge in [-0.3, -0.25) is 9.59 Å². The number of carbonyl (C=O) groups is 2. The lowest BCUT2D eigenvalue weighted by Gasteiger charge is -2.33. The first-order valence-electron chi connectivity index (χ1n) is 7.91. The largest absolute Gasteiger partial charge is 0.343 e. The van der Waals surface area contributed by atoms with Crippen LogP contribution in [0.5, 0.6) is 0 Å². The van der Waals surface area contributed by atoms with E-state index in [0.29, 0.717) is 12.5 Å². The van der Waals surface area contributed by atoms with Gasteiger partial charge in [-0.1, -0.05) is 20.8 Å². The van der Waals surface area contributed by atoms with Gasteiger partial charge in [0.05, 0.1) is 0 Å². The molecule has 0 spiro atoms. The van der Waals surface area contributed by atoms with Gasteiger partial charge in [-0.15, -0.1) is 0 Å². The highest BCUT2D eigenvalue weighted by Gasteiger charge is 2.22. The molecule has 0 aliphatic heterocycles. The van der Waals surface area contributed by atoms with Gasteiger partial charge in [-0.05, 0) is 32.6 Å². The maximum absolute atomic E-state index is 12.1. The van der Waals surface area contributed by atoms with E-state index in [1.165, 1.54) is 0 Å². The van der Waals surface area contributed by atoms with E-state index in [9.17, 15) is 9.59 Å². The molecule has 0 aromatic heterocycles. The van der Waals surface area contributed by atoms with Crippen molar-refractivity contribution in [3.8, 4) is 0 Å². The van der Waals surface area contributed by atoms with Gasteiger partial charge in [0.15, 0.2) is 0 Å². The summed E-state index contributed by atoms with van der Waals surface area (Å²) in [5, 5.41) is 0. The number of hydrogen-bond donors (Lipinski definition) is 0. The molecule has 0 heterocycles. The second kappa shape index (κ2) is 9.78. The average Bonchev–Trinajstić information content (AvgIpc) is 2.44. The van der Waals surface area contributed by atoms with Crippen molar-refractivity contribution < 1.29 is 9.59 Å². The third-order valence-electron chi connectivity index (χ3n) is 4.07. The molecule has 0 aliphatic rings. The van der Waals surface area contributed by atoms with E-state index < -0.39 is 0 Å².